The van der Waals surface area contributed by atoms with Crippen LogP contribution in [0.2, 0.25) is 5.02 Å². The van der Waals surface area contributed by atoms with E-state index in [1.165, 1.54) is 11.1 Å². The van der Waals surface area contributed by atoms with Gasteiger partial charge in [-0.25, -0.2) is 0 Å². The van der Waals surface area contributed by atoms with Crippen molar-refractivity contribution in [1.29, 1.82) is 0 Å². The Morgan fingerprint density at radius 3 is 2.41 bits per heavy atom. The van der Waals surface area contributed by atoms with Crippen molar-refractivity contribution in [2.75, 3.05) is 34.4 Å². The summed E-state index contributed by atoms with van der Waals surface area (Å²) in [6.45, 7) is 1.72. The molecule has 4 rings (SSSR count). The van der Waals surface area contributed by atoms with Gasteiger partial charge in [-0.15, -0.1) is 0 Å². The maximum Gasteiger partial charge on any atom is 0.161 e. The van der Waals surface area contributed by atoms with E-state index < -0.39 is 0 Å². The van der Waals surface area contributed by atoms with Crippen LogP contribution in [-0.2, 0) is 6.42 Å². The van der Waals surface area contributed by atoms with Crippen molar-refractivity contribution in [2.24, 2.45) is 0 Å². The lowest BCUT2D eigenvalue weighted by molar-refractivity contribution is 0.236. The molecule has 0 aromatic heterocycles. The molecular formula is C27H28ClNO3. The number of para-hydroxylation sites is 1. The van der Waals surface area contributed by atoms with Gasteiger partial charge in [0.25, 0.3) is 0 Å². The monoisotopic (exact) mass is 449 g/mol. The molecule has 0 saturated heterocycles. The Hall–Kier alpha value is -2.95. The summed E-state index contributed by atoms with van der Waals surface area (Å²) in [5.41, 5.74) is 4.73. The molecule has 1 aliphatic rings. The van der Waals surface area contributed by atoms with Gasteiger partial charge in [0.2, 0.25) is 0 Å². The van der Waals surface area contributed by atoms with Crippen LogP contribution in [0.1, 0.15) is 28.3 Å². The van der Waals surface area contributed by atoms with Crippen LogP contribution in [-0.4, -0.2) is 39.3 Å². The zero-order valence-electron chi connectivity index (χ0n) is 18.7. The van der Waals surface area contributed by atoms with E-state index in [9.17, 15) is 0 Å². The highest BCUT2D eigenvalue weighted by molar-refractivity contribution is 6.30. The Morgan fingerprint density at radius 2 is 1.66 bits per heavy atom. The molecule has 5 heteroatoms. The van der Waals surface area contributed by atoms with Crippen LogP contribution in [0, 0.1) is 0 Å². The number of hydrogen-bond donors (Lipinski definition) is 0. The zero-order valence-corrected chi connectivity index (χ0v) is 19.4. The molecule has 0 amide bonds. The molecule has 0 N–H and O–H groups in total. The molecular weight excluding hydrogens is 422 g/mol. The summed E-state index contributed by atoms with van der Waals surface area (Å²) in [6.07, 6.45) is 5.26. The van der Waals surface area contributed by atoms with Crippen LogP contribution in [0.3, 0.4) is 0 Å². The van der Waals surface area contributed by atoms with Gasteiger partial charge >= 0.3 is 0 Å². The van der Waals surface area contributed by atoms with E-state index in [4.69, 9.17) is 25.8 Å². The SMILES string of the molecule is COc1ccccc1/C=C/CN1CCc2cc(OC)c(OC)cc2[C@H]1c1cccc(Cl)c1. The number of benzene rings is 3. The fourth-order valence-corrected chi connectivity index (χ4v) is 4.58. The van der Waals surface area contributed by atoms with Crippen molar-refractivity contribution in [3.05, 3.63) is 94.0 Å². The minimum atomic E-state index is 0.0691. The zero-order chi connectivity index (χ0) is 22.5. The molecule has 0 radical (unpaired) electrons. The van der Waals surface area contributed by atoms with E-state index in [0.29, 0.717) is 0 Å². The van der Waals surface area contributed by atoms with Gasteiger partial charge in [-0.2, -0.15) is 0 Å². The van der Waals surface area contributed by atoms with Crippen LogP contribution in [0.25, 0.3) is 6.08 Å². The van der Waals surface area contributed by atoms with Crippen molar-refractivity contribution in [1.82, 2.24) is 4.90 Å². The predicted octanol–water partition coefficient (Wildman–Crippen LogP) is 6.03. The highest BCUT2D eigenvalue weighted by Crippen LogP contribution is 2.41. The van der Waals surface area contributed by atoms with Crippen LogP contribution < -0.4 is 14.2 Å². The first-order valence-corrected chi connectivity index (χ1v) is 11.1. The maximum atomic E-state index is 6.37. The fraction of sp³-hybridized carbons (Fsp3) is 0.259. The summed E-state index contributed by atoms with van der Waals surface area (Å²) in [4.78, 5) is 2.46. The standard InChI is InChI=1S/C27H28ClNO3/c1-30-24-12-5-4-8-19(24)10-7-14-29-15-13-20-17-25(31-2)26(32-3)18-23(20)27(29)21-9-6-11-22(28)16-21/h4-12,16-18,27H,13-15H2,1-3H3/b10-7+/t27-/m1/s1. The summed E-state index contributed by atoms with van der Waals surface area (Å²) in [5.74, 6) is 2.38. The number of nitrogens with zero attached hydrogens (tertiary/aromatic N) is 1. The van der Waals surface area contributed by atoms with E-state index in [1.54, 1.807) is 21.3 Å². The number of ether oxygens (including phenoxy) is 3. The number of hydrogen-bond acceptors (Lipinski definition) is 4. The fourth-order valence-electron chi connectivity index (χ4n) is 4.38. The first-order chi connectivity index (χ1) is 15.6. The highest BCUT2D eigenvalue weighted by atomic mass is 35.5. The van der Waals surface area contributed by atoms with Gasteiger partial charge in [-0.1, -0.05) is 54.1 Å². The first-order valence-electron chi connectivity index (χ1n) is 10.7. The average molecular weight is 450 g/mol. The summed E-state index contributed by atoms with van der Waals surface area (Å²) < 4.78 is 16.6. The molecule has 3 aromatic rings. The quantitative estimate of drug-likeness (QED) is 0.441. The summed E-state index contributed by atoms with van der Waals surface area (Å²) >= 11 is 6.37. The Labute approximate surface area is 195 Å². The maximum absolute atomic E-state index is 6.37. The summed E-state index contributed by atoms with van der Waals surface area (Å²) in [7, 11) is 5.05. The first kappa shape index (κ1) is 22.3. The van der Waals surface area contributed by atoms with Gasteiger partial charge in [0.05, 0.1) is 27.4 Å². The third-order valence-corrected chi connectivity index (χ3v) is 6.15. The molecule has 0 bridgehead atoms. The Bertz CT molecular complexity index is 1110. The molecule has 3 aromatic carbocycles. The van der Waals surface area contributed by atoms with Crippen molar-refractivity contribution in [3.63, 3.8) is 0 Å². The highest BCUT2D eigenvalue weighted by Gasteiger charge is 2.30. The molecule has 32 heavy (non-hydrogen) atoms. The predicted molar refractivity (Wildman–Crippen MR) is 130 cm³/mol. The molecule has 0 fully saturated rings. The lowest BCUT2D eigenvalue weighted by atomic mass is 9.87. The molecule has 0 aliphatic carbocycles. The topological polar surface area (TPSA) is 30.9 Å². The van der Waals surface area contributed by atoms with Crippen LogP contribution in [0.4, 0.5) is 0 Å². The second kappa shape index (κ2) is 10.1. The third kappa shape index (κ3) is 4.62. The number of halogens is 1. The van der Waals surface area contributed by atoms with Crippen molar-refractivity contribution < 1.29 is 14.2 Å². The molecule has 0 unspecified atom stereocenters. The second-order valence-electron chi connectivity index (χ2n) is 7.75. The smallest absolute Gasteiger partial charge is 0.161 e. The summed E-state index contributed by atoms with van der Waals surface area (Å²) in [6, 6.07) is 20.4. The van der Waals surface area contributed by atoms with Crippen LogP contribution in [0.15, 0.2) is 66.7 Å². The molecule has 4 nitrogen and oxygen atoms in total. The van der Waals surface area contributed by atoms with Gasteiger partial charge in [0.15, 0.2) is 11.5 Å². The van der Waals surface area contributed by atoms with E-state index in [0.717, 1.165) is 52.9 Å². The van der Waals surface area contributed by atoms with Crippen molar-refractivity contribution >= 4 is 17.7 Å². The van der Waals surface area contributed by atoms with Gasteiger partial charge in [0, 0.05) is 23.7 Å². The Kier molecular flexibility index (Phi) is 7.03. The minimum absolute atomic E-state index is 0.0691. The van der Waals surface area contributed by atoms with Crippen molar-refractivity contribution in [2.45, 2.75) is 12.5 Å². The normalized spacial score (nSPS) is 16.1. The molecule has 1 atom stereocenters. The van der Waals surface area contributed by atoms with E-state index in [-0.39, 0.29) is 6.04 Å². The van der Waals surface area contributed by atoms with Gasteiger partial charge in [-0.3, -0.25) is 4.90 Å². The number of methoxy groups -OCH3 is 3. The van der Waals surface area contributed by atoms with E-state index in [1.807, 2.05) is 30.3 Å². The number of rotatable bonds is 7. The molecule has 166 valence electrons. The number of fused-ring (bicyclic) bond motifs is 1. The van der Waals surface area contributed by atoms with Gasteiger partial charge < -0.3 is 14.2 Å². The third-order valence-electron chi connectivity index (χ3n) is 5.91. The van der Waals surface area contributed by atoms with Crippen LogP contribution in [0.5, 0.6) is 17.2 Å². The lowest BCUT2D eigenvalue weighted by Crippen LogP contribution is -2.36. The average Bonchev–Trinajstić information content (AvgIpc) is 2.83. The Balaban J connectivity index is 1.70. The minimum Gasteiger partial charge on any atom is -0.496 e. The molecule has 0 spiro atoms. The second-order valence-corrected chi connectivity index (χ2v) is 8.19. The van der Waals surface area contributed by atoms with Crippen molar-refractivity contribution in [3.8, 4) is 17.2 Å². The largest absolute Gasteiger partial charge is 0.496 e. The molecule has 1 heterocycles. The van der Waals surface area contributed by atoms with E-state index in [2.05, 4.69) is 47.4 Å². The summed E-state index contributed by atoms with van der Waals surface area (Å²) in [5, 5.41) is 0.736. The Morgan fingerprint density at radius 1 is 0.906 bits per heavy atom. The van der Waals surface area contributed by atoms with Gasteiger partial charge in [-0.05, 0) is 53.4 Å². The van der Waals surface area contributed by atoms with Gasteiger partial charge in [0.1, 0.15) is 5.75 Å². The van der Waals surface area contributed by atoms with Crippen LogP contribution >= 0.6 is 11.6 Å². The molecule has 1 aliphatic heterocycles. The lowest BCUT2D eigenvalue weighted by Gasteiger charge is -2.37. The molecule has 0 saturated carbocycles. The van der Waals surface area contributed by atoms with E-state index >= 15 is 0 Å².